The lowest BCUT2D eigenvalue weighted by molar-refractivity contribution is -0.127. The Balaban J connectivity index is 1.41. The van der Waals surface area contributed by atoms with Crippen molar-refractivity contribution in [2.24, 2.45) is 0 Å². The van der Waals surface area contributed by atoms with Crippen LogP contribution in [0.15, 0.2) is 95.9 Å². The molecule has 8 heteroatoms. The molecule has 4 aromatic rings. The third-order valence-electron chi connectivity index (χ3n) is 5.76. The lowest BCUT2D eigenvalue weighted by Crippen LogP contribution is -2.50. The molecule has 0 saturated carbocycles. The minimum absolute atomic E-state index is 0.0866. The van der Waals surface area contributed by atoms with Crippen molar-refractivity contribution in [1.82, 2.24) is 5.32 Å². The first kappa shape index (κ1) is 22.3. The summed E-state index contributed by atoms with van der Waals surface area (Å²) in [5.74, 6) is -0.0599. The maximum absolute atomic E-state index is 13.5. The van der Waals surface area contributed by atoms with Gasteiger partial charge < -0.3 is 10.1 Å². The van der Waals surface area contributed by atoms with E-state index < -0.39 is 22.0 Å². The molecule has 0 radical (unpaired) electrons. The van der Waals surface area contributed by atoms with E-state index in [1.165, 1.54) is 28.6 Å². The average Bonchev–Trinajstić information content (AvgIpc) is 2.86. The monoisotopic (exact) mass is 492 g/mol. The van der Waals surface area contributed by atoms with E-state index in [0.717, 1.165) is 16.3 Å². The van der Waals surface area contributed by atoms with Crippen LogP contribution >= 0.6 is 11.6 Å². The van der Waals surface area contributed by atoms with Gasteiger partial charge in [0.05, 0.1) is 17.1 Å². The van der Waals surface area contributed by atoms with E-state index in [1.807, 2.05) is 42.5 Å². The van der Waals surface area contributed by atoms with Gasteiger partial charge in [-0.15, -0.1) is 0 Å². The largest absolute Gasteiger partial charge is 0.476 e. The van der Waals surface area contributed by atoms with Gasteiger partial charge in [0.25, 0.3) is 15.9 Å². The van der Waals surface area contributed by atoms with Crippen LogP contribution in [-0.2, 0) is 21.4 Å². The Morgan fingerprint density at radius 2 is 1.65 bits per heavy atom. The van der Waals surface area contributed by atoms with E-state index in [-0.39, 0.29) is 11.4 Å². The zero-order valence-corrected chi connectivity index (χ0v) is 19.6. The van der Waals surface area contributed by atoms with Crippen molar-refractivity contribution in [2.45, 2.75) is 17.5 Å². The van der Waals surface area contributed by atoms with E-state index in [9.17, 15) is 13.2 Å². The number of halogens is 1. The number of benzene rings is 4. The molecule has 1 N–H and O–H groups in total. The Morgan fingerprint density at radius 1 is 0.941 bits per heavy atom. The topological polar surface area (TPSA) is 75.7 Å². The quantitative estimate of drug-likeness (QED) is 0.435. The zero-order chi connectivity index (χ0) is 23.7. The number of hydrogen-bond acceptors (Lipinski definition) is 4. The van der Waals surface area contributed by atoms with Crippen LogP contribution in [0.3, 0.4) is 0 Å². The summed E-state index contributed by atoms with van der Waals surface area (Å²) >= 11 is 5.93. The summed E-state index contributed by atoms with van der Waals surface area (Å²) in [6.07, 6.45) is -1.01. The molecule has 0 saturated heterocycles. The molecule has 5 rings (SSSR count). The number of nitrogens with zero attached hydrogens (tertiary/aromatic N) is 1. The predicted octanol–water partition coefficient (Wildman–Crippen LogP) is 4.77. The first-order chi connectivity index (χ1) is 16.4. The molecule has 1 heterocycles. The summed E-state index contributed by atoms with van der Waals surface area (Å²) < 4.78 is 34.0. The number of anilines is 1. The zero-order valence-electron chi connectivity index (χ0n) is 18.0. The number of ether oxygens (including phenoxy) is 1. The van der Waals surface area contributed by atoms with Gasteiger partial charge in [0.1, 0.15) is 5.75 Å². The highest BCUT2D eigenvalue weighted by Gasteiger charge is 2.37. The second-order valence-corrected chi connectivity index (χ2v) is 10.2. The van der Waals surface area contributed by atoms with Crippen LogP contribution in [0.5, 0.6) is 5.75 Å². The Morgan fingerprint density at radius 3 is 2.47 bits per heavy atom. The van der Waals surface area contributed by atoms with Gasteiger partial charge in [-0.1, -0.05) is 66.2 Å². The Kier molecular flexibility index (Phi) is 5.89. The molecule has 172 valence electrons. The smallest absolute Gasteiger partial charge is 0.264 e. The van der Waals surface area contributed by atoms with E-state index in [1.54, 1.807) is 24.3 Å². The lowest BCUT2D eigenvalue weighted by atomic mass is 10.0. The number of hydrogen-bond donors (Lipinski definition) is 1. The fraction of sp³-hybridized carbons (Fsp3) is 0.115. The fourth-order valence-electron chi connectivity index (χ4n) is 4.04. The van der Waals surface area contributed by atoms with Crippen molar-refractivity contribution in [2.75, 3.05) is 10.8 Å². The van der Waals surface area contributed by atoms with Crippen molar-refractivity contribution in [3.05, 3.63) is 102 Å². The minimum Gasteiger partial charge on any atom is -0.476 e. The number of carbonyl (C=O) groups excluding carboxylic acids is 1. The summed E-state index contributed by atoms with van der Waals surface area (Å²) in [5.41, 5.74) is 1.35. The maximum Gasteiger partial charge on any atom is 0.264 e. The summed E-state index contributed by atoms with van der Waals surface area (Å²) in [6, 6.07) is 26.6. The second kappa shape index (κ2) is 9.00. The molecule has 0 aliphatic carbocycles. The molecule has 6 nitrogen and oxygen atoms in total. The summed E-state index contributed by atoms with van der Waals surface area (Å²) in [6.45, 7) is 0.148. The van der Waals surface area contributed by atoms with E-state index in [0.29, 0.717) is 23.0 Å². The third kappa shape index (κ3) is 4.20. The van der Waals surface area contributed by atoms with E-state index >= 15 is 0 Å². The lowest BCUT2D eigenvalue weighted by Gasteiger charge is -2.34. The van der Waals surface area contributed by atoms with Crippen LogP contribution in [-0.4, -0.2) is 27.0 Å². The van der Waals surface area contributed by atoms with E-state index in [4.69, 9.17) is 16.3 Å². The Bertz CT molecular complexity index is 1470. The normalized spacial score (nSPS) is 15.4. The number of carbonyl (C=O) groups is 1. The molecule has 1 aliphatic rings. The number of sulfonamides is 1. The third-order valence-corrected chi connectivity index (χ3v) is 7.81. The Labute approximate surface area is 202 Å². The highest BCUT2D eigenvalue weighted by Crippen LogP contribution is 2.37. The fourth-order valence-corrected chi connectivity index (χ4v) is 5.64. The second-order valence-electron chi connectivity index (χ2n) is 7.92. The Hall–Kier alpha value is -3.55. The number of nitrogens with one attached hydrogen (secondary N) is 1. The number of fused-ring (bicyclic) bond motifs is 2. The first-order valence-electron chi connectivity index (χ1n) is 10.7. The highest BCUT2D eigenvalue weighted by molar-refractivity contribution is 7.92. The van der Waals surface area contributed by atoms with Crippen LogP contribution in [0, 0.1) is 0 Å². The van der Waals surface area contributed by atoms with Crippen molar-refractivity contribution < 1.29 is 17.9 Å². The molecule has 1 aliphatic heterocycles. The van der Waals surface area contributed by atoms with Crippen LogP contribution in [0.2, 0.25) is 5.02 Å². The summed E-state index contributed by atoms with van der Waals surface area (Å²) in [4.78, 5) is 13.2. The van der Waals surface area contributed by atoms with Crippen LogP contribution in [0.4, 0.5) is 5.69 Å². The van der Waals surface area contributed by atoms with Crippen LogP contribution in [0.25, 0.3) is 10.8 Å². The molecule has 34 heavy (non-hydrogen) atoms. The molecule has 1 atom stereocenters. The molecule has 4 aromatic carbocycles. The van der Waals surface area contributed by atoms with Crippen molar-refractivity contribution in [1.29, 1.82) is 0 Å². The minimum atomic E-state index is -3.94. The van der Waals surface area contributed by atoms with Crippen LogP contribution in [0.1, 0.15) is 5.56 Å². The van der Waals surface area contributed by atoms with Crippen LogP contribution < -0.4 is 14.4 Å². The van der Waals surface area contributed by atoms with Gasteiger partial charge in [-0.2, -0.15) is 0 Å². The highest BCUT2D eigenvalue weighted by atomic mass is 35.5. The number of para-hydroxylation sites is 2. The van der Waals surface area contributed by atoms with E-state index in [2.05, 4.69) is 5.32 Å². The molecule has 0 bridgehead atoms. The summed E-state index contributed by atoms with van der Waals surface area (Å²) in [5, 5.41) is 5.47. The molecule has 0 aromatic heterocycles. The molecular weight excluding hydrogens is 472 g/mol. The van der Waals surface area contributed by atoms with Gasteiger partial charge in [-0.05, 0) is 52.7 Å². The standard InChI is InChI=1S/C26H21ClN2O4S/c27-20-12-14-21(15-13-20)34(31,32)29-17-25(33-24-11-4-3-10-23(24)29)26(30)28-16-19-8-5-7-18-6-1-2-9-22(18)19/h1-15,25H,16-17H2,(H,28,30)/t25-/m0/s1. The number of rotatable bonds is 5. The van der Waals surface area contributed by atoms with Gasteiger partial charge >= 0.3 is 0 Å². The maximum atomic E-state index is 13.5. The molecule has 1 amide bonds. The number of amides is 1. The van der Waals surface area contributed by atoms with Gasteiger partial charge in [-0.3, -0.25) is 9.10 Å². The SMILES string of the molecule is O=C(NCc1cccc2ccccc12)[C@@H]1CN(S(=O)(=O)c2ccc(Cl)cc2)c2ccccc2O1. The van der Waals surface area contributed by atoms with Crippen molar-refractivity contribution in [3.63, 3.8) is 0 Å². The van der Waals surface area contributed by atoms with Crippen molar-refractivity contribution in [3.8, 4) is 5.75 Å². The first-order valence-corrected chi connectivity index (χ1v) is 12.5. The van der Waals surface area contributed by atoms with Gasteiger partial charge in [0, 0.05) is 11.6 Å². The molecular formula is C26H21ClN2O4S. The van der Waals surface area contributed by atoms with Gasteiger partial charge in [0.15, 0.2) is 6.10 Å². The molecule has 0 unspecified atom stereocenters. The van der Waals surface area contributed by atoms with Gasteiger partial charge in [-0.25, -0.2) is 8.42 Å². The summed E-state index contributed by atoms with van der Waals surface area (Å²) in [7, 11) is -3.94. The van der Waals surface area contributed by atoms with Crippen molar-refractivity contribution >= 4 is 44.0 Å². The molecule has 0 fully saturated rings. The average molecular weight is 493 g/mol. The predicted molar refractivity (Wildman–Crippen MR) is 133 cm³/mol. The van der Waals surface area contributed by atoms with Gasteiger partial charge in [0.2, 0.25) is 0 Å². The molecule has 0 spiro atoms.